The molecule has 0 atom stereocenters. The molecule has 1 aliphatic rings. The summed E-state index contributed by atoms with van der Waals surface area (Å²) in [7, 11) is -3.52. The number of nitrogens with zero attached hydrogens (tertiary/aromatic N) is 3. The van der Waals surface area contributed by atoms with Crippen LogP contribution in [0.15, 0.2) is 59.5 Å². The van der Waals surface area contributed by atoms with E-state index in [1.54, 1.807) is 48.5 Å². The summed E-state index contributed by atoms with van der Waals surface area (Å²) in [5.41, 5.74) is 0.566. The Morgan fingerprint density at radius 3 is 2.08 bits per heavy atom. The molecular formula is C16H17N3O4S. The number of piperazine rings is 1. The summed E-state index contributed by atoms with van der Waals surface area (Å²) in [6.07, 6.45) is 0. The van der Waals surface area contributed by atoms with E-state index in [1.165, 1.54) is 10.4 Å². The molecule has 0 spiro atoms. The van der Waals surface area contributed by atoms with Gasteiger partial charge in [-0.2, -0.15) is 4.31 Å². The third-order valence-corrected chi connectivity index (χ3v) is 5.95. The molecule has 0 N–H and O–H groups in total. The van der Waals surface area contributed by atoms with Crippen molar-refractivity contribution < 1.29 is 13.3 Å². The van der Waals surface area contributed by atoms with Crippen molar-refractivity contribution in [2.75, 3.05) is 31.1 Å². The number of nitro groups is 1. The lowest BCUT2D eigenvalue weighted by Crippen LogP contribution is -2.48. The zero-order valence-corrected chi connectivity index (χ0v) is 13.7. The van der Waals surface area contributed by atoms with Gasteiger partial charge < -0.3 is 4.90 Å². The van der Waals surface area contributed by atoms with Crippen LogP contribution in [0.2, 0.25) is 0 Å². The van der Waals surface area contributed by atoms with Crippen molar-refractivity contribution in [3.8, 4) is 0 Å². The maximum atomic E-state index is 12.6. The Balaban J connectivity index is 1.76. The number of hydrogen-bond donors (Lipinski definition) is 0. The van der Waals surface area contributed by atoms with Gasteiger partial charge in [0.2, 0.25) is 10.0 Å². The molecule has 0 unspecified atom stereocenters. The second-order valence-corrected chi connectivity index (χ2v) is 7.39. The number of rotatable bonds is 4. The smallest absolute Gasteiger partial charge is 0.292 e. The van der Waals surface area contributed by atoms with Gasteiger partial charge in [0.05, 0.1) is 9.82 Å². The lowest BCUT2D eigenvalue weighted by atomic mass is 10.2. The fraction of sp³-hybridized carbons (Fsp3) is 0.250. The number of para-hydroxylation sites is 2. The molecule has 0 aliphatic carbocycles. The Kier molecular flexibility index (Phi) is 4.50. The minimum Gasteiger partial charge on any atom is -0.363 e. The molecule has 0 bridgehead atoms. The van der Waals surface area contributed by atoms with E-state index in [9.17, 15) is 18.5 Å². The van der Waals surface area contributed by atoms with Crippen LogP contribution in [-0.4, -0.2) is 43.8 Å². The number of nitro benzene ring substituents is 1. The van der Waals surface area contributed by atoms with Gasteiger partial charge in [-0.1, -0.05) is 30.3 Å². The Bertz CT molecular complexity index is 831. The van der Waals surface area contributed by atoms with E-state index in [0.717, 1.165) is 0 Å². The topological polar surface area (TPSA) is 83.8 Å². The van der Waals surface area contributed by atoms with Crippen LogP contribution in [0, 0.1) is 10.1 Å². The lowest BCUT2D eigenvalue weighted by molar-refractivity contribution is -0.384. The first kappa shape index (κ1) is 16.4. The van der Waals surface area contributed by atoms with E-state index >= 15 is 0 Å². The number of sulfonamides is 1. The standard InChI is InChI=1S/C16H17N3O4S/c20-19(21)16-9-5-4-8-15(16)17-10-12-18(13-11-17)24(22,23)14-6-2-1-3-7-14/h1-9H,10-13H2. The minimum atomic E-state index is -3.52. The van der Waals surface area contributed by atoms with Crippen LogP contribution in [0.1, 0.15) is 0 Å². The molecule has 126 valence electrons. The molecule has 1 heterocycles. The molecule has 0 saturated carbocycles. The molecule has 0 radical (unpaired) electrons. The highest BCUT2D eigenvalue weighted by Gasteiger charge is 2.30. The molecule has 1 fully saturated rings. The van der Waals surface area contributed by atoms with Crippen LogP contribution in [0.3, 0.4) is 0 Å². The molecule has 2 aromatic rings. The first-order chi connectivity index (χ1) is 11.5. The Labute approximate surface area is 140 Å². The van der Waals surface area contributed by atoms with Crippen LogP contribution < -0.4 is 4.90 Å². The highest BCUT2D eigenvalue weighted by Crippen LogP contribution is 2.29. The maximum Gasteiger partial charge on any atom is 0.292 e. The van der Waals surface area contributed by atoms with Gasteiger partial charge in [-0.15, -0.1) is 0 Å². The quantitative estimate of drug-likeness (QED) is 0.625. The summed E-state index contributed by atoms with van der Waals surface area (Å²) < 4.78 is 26.6. The van der Waals surface area contributed by atoms with Gasteiger partial charge >= 0.3 is 0 Å². The summed E-state index contributed by atoms with van der Waals surface area (Å²) in [5.74, 6) is 0. The lowest BCUT2D eigenvalue weighted by Gasteiger charge is -2.35. The van der Waals surface area contributed by atoms with Crippen molar-refractivity contribution in [1.29, 1.82) is 0 Å². The SMILES string of the molecule is O=[N+]([O-])c1ccccc1N1CCN(S(=O)(=O)c2ccccc2)CC1. The zero-order valence-electron chi connectivity index (χ0n) is 12.9. The second-order valence-electron chi connectivity index (χ2n) is 5.45. The van der Waals surface area contributed by atoms with Gasteiger partial charge in [0.25, 0.3) is 5.69 Å². The molecule has 0 aromatic heterocycles. The minimum absolute atomic E-state index is 0.0388. The van der Waals surface area contributed by atoms with E-state index in [-0.39, 0.29) is 10.6 Å². The summed E-state index contributed by atoms with van der Waals surface area (Å²) in [4.78, 5) is 12.9. The third kappa shape index (κ3) is 3.10. The monoisotopic (exact) mass is 347 g/mol. The first-order valence-corrected chi connectivity index (χ1v) is 8.98. The summed E-state index contributed by atoms with van der Waals surface area (Å²) in [6, 6.07) is 14.8. The van der Waals surface area contributed by atoms with Crippen LogP contribution in [0.25, 0.3) is 0 Å². The molecule has 3 rings (SSSR count). The average molecular weight is 347 g/mol. The van der Waals surface area contributed by atoms with Crippen molar-refractivity contribution >= 4 is 21.4 Å². The summed E-state index contributed by atoms with van der Waals surface area (Å²) in [5, 5.41) is 11.1. The highest BCUT2D eigenvalue weighted by atomic mass is 32.2. The van der Waals surface area contributed by atoms with Gasteiger partial charge in [-0.3, -0.25) is 10.1 Å². The predicted molar refractivity (Wildman–Crippen MR) is 90.5 cm³/mol. The molecule has 8 heteroatoms. The second kappa shape index (κ2) is 6.58. The maximum absolute atomic E-state index is 12.6. The van der Waals surface area contributed by atoms with E-state index in [1.807, 2.05) is 4.90 Å². The molecule has 2 aromatic carbocycles. The summed E-state index contributed by atoms with van der Waals surface area (Å²) in [6.45, 7) is 1.42. The molecular weight excluding hydrogens is 330 g/mol. The van der Waals surface area contributed by atoms with Gasteiger partial charge in [-0.05, 0) is 18.2 Å². The highest BCUT2D eigenvalue weighted by molar-refractivity contribution is 7.89. The molecule has 7 nitrogen and oxygen atoms in total. The van der Waals surface area contributed by atoms with Gasteiger partial charge in [0.15, 0.2) is 0 Å². The first-order valence-electron chi connectivity index (χ1n) is 7.54. The predicted octanol–water partition coefficient (Wildman–Crippen LogP) is 2.11. The fourth-order valence-electron chi connectivity index (χ4n) is 2.80. The van der Waals surface area contributed by atoms with Crippen molar-refractivity contribution in [1.82, 2.24) is 4.31 Å². The Hall–Kier alpha value is -2.45. The normalized spacial score (nSPS) is 16.1. The summed E-state index contributed by atoms with van der Waals surface area (Å²) >= 11 is 0. The van der Waals surface area contributed by atoms with Crippen molar-refractivity contribution in [3.63, 3.8) is 0 Å². The van der Waals surface area contributed by atoms with Crippen LogP contribution in [0.5, 0.6) is 0 Å². The fourth-order valence-corrected chi connectivity index (χ4v) is 4.24. The van der Waals surface area contributed by atoms with Gasteiger partial charge in [-0.25, -0.2) is 8.42 Å². The van der Waals surface area contributed by atoms with E-state index in [0.29, 0.717) is 31.9 Å². The number of benzene rings is 2. The Morgan fingerprint density at radius 1 is 0.875 bits per heavy atom. The van der Waals surface area contributed by atoms with Crippen molar-refractivity contribution in [2.45, 2.75) is 4.90 Å². The van der Waals surface area contributed by atoms with E-state index in [4.69, 9.17) is 0 Å². The van der Waals surface area contributed by atoms with E-state index < -0.39 is 14.9 Å². The third-order valence-electron chi connectivity index (χ3n) is 4.04. The number of hydrogen-bond acceptors (Lipinski definition) is 5. The number of anilines is 1. The molecule has 24 heavy (non-hydrogen) atoms. The van der Waals surface area contributed by atoms with E-state index in [2.05, 4.69) is 0 Å². The van der Waals surface area contributed by atoms with Crippen LogP contribution in [0.4, 0.5) is 11.4 Å². The average Bonchev–Trinajstić information content (AvgIpc) is 2.62. The van der Waals surface area contributed by atoms with Crippen LogP contribution >= 0.6 is 0 Å². The van der Waals surface area contributed by atoms with Crippen molar-refractivity contribution in [3.05, 3.63) is 64.7 Å². The van der Waals surface area contributed by atoms with Crippen molar-refractivity contribution in [2.24, 2.45) is 0 Å². The van der Waals surface area contributed by atoms with Gasteiger partial charge in [0, 0.05) is 32.2 Å². The largest absolute Gasteiger partial charge is 0.363 e. The Morgan fingerprint density at radius 2 is 1.46 bits per heavy atom. The molecule has 0 amide bonds. The van der Waals surface area contributed by atoms with Gasteiger partial charge in [0.1, 0.15) is 5.69 Å². The molecule has 1 aliphatic heterocycles. The van der Waals surface area contributed by atoms with Crippen LogP contribution in [-0.2, 0) is 10.0 Å². The molecule has 1 saturated heterocycles. The zero-order chi connectivity index (χ0) is 17.2.